The molecule has 0 aliphatic carbocycles. The molecular formula is C15H21NO4. The lowest BCUT2D eigenvalue weighted by molar-refractivity contribution is -0.131. The molecule has 0 saturated carbocycles. The van der Waals surface area contributed by atoms with Gasteiger partial charge in [0.25, 0.3) is 0 Å². The average Bonchev–Trinajstić information content (AvgIpc) is 2.74. The van der Waals surface area contributed by atoms with Crippen LogP contribution in [0.2, 0.25) is 0 Å². The molecule has 110 valence electrons. The number of ether oxygens (including phenoxy) is 1. The predicted octanol–water partition coefficient (Wildman–Crippen LogP) is 0.636. The second-order valence-electron chi connectivity index (χ2n) is 5.28. The van der Waals surface area contributed by atoms with Gasteiger partial charge >= 0.3 is 0 Å². The fraction of sp³-hybridized carbons (Fsp3) is 0.533. The van der Waals surface area contributed by atoms with Crippen LogP contribution in [0.1, 0.15) is 17.5 Å². The van der Waals surface area contributed by atoms with Crippen molar-refractivity contribution in [1.82, 2.24) is 4.90 Å². The summed E-state index contributed by atoms with van der Waals surface area (Å²) < 4.78 is 5.55. The number of benzene rings is 1. The third kappa shape index (κ3) is 3.49. The van der Waals surface area contributed by atoms with Crippen molar-refractivity contribution in [3.63, 3.8) is 0 Å². The Balaban J connectivity index is 1.78. The minimum Gasteiger partial charge on any atom is -0.493 e. The van der Waals surface area contributed by atoms with Crippen LogP contribution < -0.4 is 4.74 Å². The highest BCUT2D eigenvalue weighted by atomic mass is 16.5. The van der Waals surface area contributed by atoms with Crippen LogP contribution in [0.3, 0.4) is 0 Å². The molecule has 5 nitrogen and oxygen atoms in total. The molecule has 1 saturated heterocycles. The largest absolute Gasteiger partial charge is 0.493 e. The van der Waals surface area contributed by atoms with Gasteiger partial charge in [-0.25, -0.2) is 0 Å². The first kappa shape index (κ1) is 14.8. The van der Waals surface area contributed by atoms with Crippen molar-refractivity contribution in [2.24, 2.45) is 0 Å². The Morgan fingerprint density at radius 3 is 2.50 bits per heavy atom. The Kier molecular flexibility index (Phi) is 4.62. The lowest BCUT2D eigenvalue weighted by Crippen LogP contribution is -2.30. The molecule has 0 unspecified atom stereocenters. The highest BCUT2D eigenvalue weighted by molar-refractivity contribution is 5.76. The molecule has 0 spiro atoms. The molecule has 0 aromatic heterocycles. The summed E-state index contributed by atoms with van der Waals surface area (Å²) in [5.74, 6) is 0.645. The first-order chi connectivity index (χ1) is 9.47. The van der Waals surface area contributed by atoms with E-state index in [1.54, 1.807) is 0 Å². The third-order valence-corrected chi connectivity index (χ3v) is 3.67. The topological polar surface area (TPSA) is 70.0 Å². The van der Waals surface area contributed by atoms with E-state index in [1.807, 2.05) is 32.0 Å². The number of amides is 1. The zero-order valence-electron chi connectivity index (χ0n) is 11.9. The summed E-state index contributed by atoms with van der Waals surface area (Å²) in [5, 5.41) is 18.8. The number of carbonyl (C=O) groups is 1. The summed E-state index contributed by atoms with van der Waals surface area (Å²) in [6.07, 6.45) is -1.42. The van der Waals surface area contributed by atoms with Crippen molar-refractivity contribution >= 4 is 5.91 Å². The number of hydrogen-bond donors (Lipinski definition) is 2. The molecule has 1 heterocycles. The van der Waals surface area contributed by atoms with E-state index in [1.165, 1.54) is 10.5 Å². The van der Waals surface area contributed by atoms with Gasteiger partial charge < -0.3 is 19.8 Å². The quantitative estimate of drug-likeness (QED) is 0.848. The normalized spacial score (nSPS) is 22.1. The fourth-order valence-electron chi connectivity index (χ4n) is 2.19. The van der Waals surface area contributed by atoms with Gasteiger partial charge in [-0.3, -0.25) is 4.79 Å². The number of likely N-dealkylation sites (tertiary alicyclic amines) is 1. The minimum atomic E-state index is -0.834. The summed E-state index contributed by atoms with van der Waals surface area (Å²) >= 11 is 0. The van der Waals surface area contributed by atoms with Crippen LogP contribution >= 0.6 is 0 Å². The maximum absolute atomic E-state index is 11.9. The van der Waals surface area contributed by atoms with Crippen LogP contribution in [0, 0.1) is 13.8 Å². The van der Waals surface area contributed by atoms with Crippen LogP contribution in [-0.2, 0) is 4.79 Å². The molecule has 5 heteroatoms. The monoisotopic (exact) mass is 279 g/mol. The third-order valence-electron chi connectivity index (χ3n) is 3.67. The first-order valence-corrected chi connectivity index (χ1v) is 6.81. The standard InChI is InChI=1S/C15H21NO4/c1-10-3-4-12(7-11(10)2)20-6-5-15(19)16-8-13(17)14(18)9-16/h3-4,7,13-14,17-18H,5-6,8-9H2,1-2H3/t13-,14+. The highest BCUT2D eigenvalue weighted by Gasteiger charge is 2.32. The number of β-amino-alcohol motifs (C(OH)–C–C–N with tert-alkyl or cyclic N) is 2. The molecule has 1 aliphatic heterocycles. The summed E-state index contributed by atoms with van der Waals surface area (Å²) in [5.41, 5.74) is 2.35. The molecule has 2 rings (SSSR count). The van der Waals surface area contributed by atoms with Crippen LogP contribution in [0.4, 0.5) is 0 Å². The van der Waals surface area contributed by atoms with Gasteiger partial charge in [-0.1, -0.05) is 6.07 Å². The van der Waals surface area contributed by atoms with Gasteiger partial charge in [0.2, 0.25) is 5.91 Å². The van der Waals surface area contributed by atoms with E-state index < -0.39 is 12.2 Å². The molecule has 0 bridgehead atoms. The van der Waals surface area contributed by atoms with E-state index in [0.717, 1.165) is 11.3 Å². The van der Waals surface area contributed by atoms with E-state index in [-0.39, 0.29) is 25.4 Å². The van der Waals surface area contributed by atoms with Crippen molar-refractivity contribution in [3.05, 3.63) is 29.3 Å². The SMILES string of the molecule is Cc1ccc(OCCC(=O)N2C[C@@H](O)[C@@H](O)C2)cc1C. The number of hydrogen-bond acceptors (Lipinski definition) is 4. The second kappa shape index (κ2) is 6.24. The van der Waals surface area contributed by atoms with Gasteiger partial charge in [0, 0.05) is 13.1 Å². The summed E-state index contributed by atoms with van der Waals surface area (Å²) in [4.78, 5) is 13.3. The zero-order chi connectivity index (χ0) is 14.7. The van der Waals surface area contributed by atoms with E-state index in [9.17, 15) is 15.0 Å². The smallest absolute Gasteiger partial charge is 0.226 e. The van der Waals surface area contributed by atoms with Crippen molar-refractivity contribution < 1.29 is 19.7 Å². The Morgan fingerprint density at radius 2 is 1.90 bits per heavy atom. The molecule has 2 N–H and O–H groups in total. The van der Waals surface area contributed by atoms with Gasteiger partial charge in [0.05, 0.1) is 25.2 Å². The van der Waals surface area contributed by atoms with E-state index in [4.69, 9.17) is 4.74 Å². The van der Waals surface area contributed by atoms with E-state index >= 15 is 0 Å². The molecule has 0 radical (unpaired) electrons. The van der Waals surface area contributed by atoms with Crippen LogP contribution in [0.25, 0.3) is 0 Å². The molecular weight excluding hydrogens is 258 g/mol. The molecule has 2 atom stereocenters. The number of nitrogens with zero attached hydrogens (tertiary/aromatic N) is 1. The number of aryl methyl sites for hydroxylation is 2. The second-order valence-corrected chi connectivity index (χ2v) is 5.28. The molecule has 1 aromatic carbocycles. The van der Waals surface area contributed by atoms with Crippen molar-refractivity contribution in [2.75, 3.05) is 19.7 Å². The fourth-order valence-corrected chi connectivity index (χ4v) is 2.19. The predicted molar refractivity (Wildman–Crippen MR) is 74.6 cm³/mol. The highest BCUT2D eigenvalue weighted by Crippen LogP contribution is 2.17. The average molecular weight is 279 g/mol. The molecule has 1 aromatic rings. The minimum absolute atomic E-state index is 0.107. The molecule has 1 fully saturated rings. The lowest BCUT2D eigenvalue weighted by Gasteiger charge is -2.15. The van der Waals surface area contributed by atoms with Crippen LogP contribution in [0.15, 0.2) is 18.2 Å². The van der Waals surface area contributed by atoms with E-state index in [0.29, 0.717) is 6.61 Å². The van der Waals surface area contributed by atoms with E-state index in [2.05, 4.69) is 0 Å². The maximum atomic E-state index is 11.9. The van der Waals surface area contributed by atoms with Gasteiger partial charge in [0.15, 0.2) is 0 Å². The van der Waals surface area contributed by atoms with Crippen LogP contribution in [0.5, 0.6) is 5.75 Å². The number of rotatable bonds is 4. The number of aliphatic hydroxyl groups excluding tert-OH is 2. The van der Waals surface area contributed by atoms with Gasteiger partial charge in [0.1, 0.15) is 5.75 Å². The van der Waals surface area contributed by atoms with Crippen molar-refractivity contribution in [3.8, 4) is 5.75 Å². The van der Waals surface area contributed by atoms with Crippen molar-refractivity contribution in [1.29, 1.82) is 0 Å². The zero-order valence-corrected chi connectivity index (χ0v) is 11.9. The Bertz CT molecular complexity index is 479. The Labute approximate surface area is 118 Å². The Morgan fingerprint density at radius 1 is 1.25 bits per heavy atom. The van der Waals surface area contributed by atoms with Gasteiger partial charge in [-0.2, -0.15) is 0 Å². The van der Waals surface area contributed by atoms with Gasteiger partial charge in [-0.15, -0.1) is 0 Å². The van der Waals surface area contributed by atoms with Crippen LogP contribution in [-0.4, -0.2) is 52.9 Å². The summed E-state index contributed by atoms with van der Waals surface area (Å²) in [7, 11) is 0. The van der Waals surface area contributed by atoms with Crippen molar-refractivity contribution in [2.45, 2.75) is 32.5 Å². The summed E-state index contributed by atoms with van der Waals surface area (Å²) in [6.45, 7) is 4.74. The molecule has 20 heavy (non-hydrogen) atoms. The summed E-state index contributed by atoms with van der Waals surface area (Å²) in [6, 6.07) is 5.82. The van der Waals surface area contributed by atoms with Gasteiger partial charge in [-0.05, 0) is 37.1 Å². The number of carbonyl (C=O) groups excluding carboxylic acids is 1. The molecule has 1 aliphatic rings. The number of aliphatic hydroxyl groups is 2. The first-order valence-electron chi connectivity index (χ1n) is 6.81. The Hall–Kier alpha value is -1.59. The lowest BCUT2D eigenvalue weighted by atomic mass is 10.1. The molecule has 1 amide bonds. The maximum Gasteiger partial charge on any atom is 0.226 e.